The topological polar surface area (TPSA) is 103 Å². The Bertz CT molecular complexity index is 1140. The number of rotatable bonds is 8. The predicted octanol–water partition coefficient (Wildman–Crippen LogP) is 3.97. The third-order valence-corrected chi connectivity index (χ3v) is 4.95. The van der Waals surface area contributed by atoms with Crippen molar-refractivity contribution < 1.29 is 9.90 Å². The number of aromatic nitrogens is 3. The zero-order valence-corrected chi connectivity index (χ0v) is 16.6. The first-order valence-corrected chi connectivity index (χ1v) is 9.77. The van der Waals surface area contributed by atoms with Gasteiger partial charge in [-0.05, 0) is 29.7 Å². The Hall–Kier alpha value is -3.71. The summed E-state index contributed by atoms with van der Waals surface area (Å²) in [6.07, 6.45) is 1.56. The molecule has 1 atom stereocenters. The number of aliphatic carboxylic acids is 1. The van der Waals surface area contributed by atoms with Crippen molar-refractivity contribution in [1.29, 1.82) is 0 Å². The molecule has 0 radical (unpaired) electrons. The third kappa shape index (κ3) is 4.47. The van der Waals surface area contributed by atoms with Gasteiger partial charge in [0, 0.05) is 18.3 Å². The maximum absolute atomic E-state index is 10.6. The third-order valence-electron chi connectivity index (χ3n) is 4.95. The highest BCUT2D eigenvalue weighted by molar-refractivity contribution is 5.91. The summed E-state index contributed by atoms with van der Waals surface area (Å²) in [7, 11) is 0. The van der Waals surface area contributed by atoms with Crippen LogP contribution in [0, 0.1) is 0 Å². The van der Waals surface area contributed by atoms with Crippen LogP contribution in [-0.4, -0.2) is 32.6 Å². The lowest BCUT2D eigenvalue weighted by Gasteiger charge is -2.15. The van der Waals surface area contributed by atoms with E-state index in [9.17, 15) is 4.79 Å². The average molecular weight is 401 g/mol. The number of aromatic amines is 1. The second-order valence-corrected chi connectivity index (χ2v) is 7.14. The zero-order chi connectivity index (χ0) is 20.9. The van der Waals surface area contributed by atoms with Crippen LogP contribution >= 0.6 is 0 Å². The van der Waals surface area contributed by atoms with E-state index in [1.165, 1.54) is 5.56 Å². The lowest BCUT2D eigenvalue weighted by Crippen LogP contribution is -2.21. The Morgan fingerprint density at radius 1 is 1.10 bits per heavy atom. The summed E-state index contributed by atoms with van der Waals surface area (Å²) in [5.74, 6) is -0.0786. The molecule has 4 aromatic rings. The van der Waals surface area contributed by atoms with Gasteiger partial charge in [0.1, 0.15) is 17.8 Å². The summed E-state index contributed by atoms with van der Waals surface area (Å²) in [6, 6.07) is 20.4. The number of nitrogens with zero attached hydrogens (tertiary/aromatic N) is 2. The van der Waals surface area contributed by atoms with Gasteiger partial charge in [-0.2, -0.15) is 0 Å². The van der Waals surface area contributed by atoms with Gasteiger partial charge in [-0.1, -0.05) is 54.6 Å². The van der Waals surface area contributed by atoms with E-state index < -0.39 is 5.97 Å². The fourth-order valence-electron chi connectivity index (χ4n) is 3.36. The van der Waals surface area contributed by atoms with Gasteiger partial charge in [0.2, 0.25) is 0 Å². The van der Waals surface area contributed by atoms with E-state index in [0.29, 0.717) is 6.54 Å². The summed E-state index contributed by atoms with van der Waals surface area (Å²) in [6.45, 7) is 2.56. The van der Waals surface area contributed by atoms with Gasteiger partial charge in [-0.15, -0.1) is 0 Å². The minimum Gasteiger partial charge on any atom is -0.480 e. The van der Waals surface area contributed by atoms with E-state index >= 15 is 0 Å². The molecule has 0 aliphatic carbocycles. The molecule has 7 heteroatoms. The van der Waals surface area contributed by atoms with Gasteiger partial charge in [-0.3, -0.25) is 4.79 Å². The van der Waals surface area contributed by atoms with Gasteiger partial charge in [0.05, 0.1) is 11.9 Å². The first-order chi connectivity index (χ1) is 14.6. The van der Waals surface area contributed by atoms with Crippen molar-refractivity contribution in [3.05, 3.63) is 78.1 Å². The Balaban J connectivity index is 1.54. The quantitative estimate of drug-likeness (QED) is 0.356. The number of carboxylic acid groups (broad SMARTS) is 1. The lowest BCUT2D eigenvalue weighted by atomic mass is 10.1. The Kier molecular flexibility index (Phi) is 5.72. The molecule has 2 aromatic heterocycles. The zero-order valence-electron chi connectivity index (χ0n) is 16.6. The van der Waals surface area contributed by atoms with Crippen LogP contribution in [0.15, 0.2) is 67.0 Å². The maximum atomic E-state index is 10.6. The SMILES string of the molecule is CC(Nc1ncnc2[nH]c(-c3ccc(CNCC(=O)O)cc3)cc12)c1ccccc1. The molecule has 2 heterocycles. The van der Waals surface area contributed by atoms with E-state index in [2.05, 4.69) is 44.6 Å². The summed E-state index contributed by atoms with van der Waals surface area (Å²) >= 11 is 0. The molecule has 4 N–H and O–H groups in total. The number of hydrogen-bond acceptors (Lipinski definition) is 5. The molecule has 1 unspecified atom stereocenters. The number of nitrogens with one attached hydrogen (secondary N) is 3. The number of H-pyrrole nitrogens is 1. The van der Waals surface area contributed by atoms with Crippen molar-refractivity contribution in [3.63, 3.8) is 0 Å². The van der Waals surface area contributed by atoms with Gasteiger partial charge in [0.25, 0.3) is 0 Å². The van der Waals surface area contributed by atoms with Crippen LogP contribution in [0.2, 0.25) is 0 Å². The van der Waals surface area contributed by atoms with E-state index in [4.69, 9.17) is 5.11 Å². The summed E-state index contributed by atoms with van der Waals surface area (Å²) < 4.78 is 0. The van der Waals surface area contributed by atoms with Crippen LogP contribution in [-0.2, 0) is 11.3 Å². The Labute approximate surface area is 174 Å². The second kappa shape index (κ2) is 8.75. The van der Waals surface area contributed by atoms with Crippen molar-refractivity contribution in [2.45, 2.75) is 19.5 Å². The molecule has 0 fully saturated rings. The Morgan fingerprint density at radius 3 is 2.60 bits per heavy atom. The average Bonchev–Trinajstić information content (AvgIpc) is 3.20. The second-order valence-electron chi connectivity index (χ2n) is 7.14. The smallest absolute Gasteiger partial charge is 0.317 e. The highest BCUT2D eigenvalue weighted by atomic mass is 16.4. The maximum Gasteiger partial charge on any atom is 0.317 e. The molecule has 0 saturated heterocycles. The fourth-order valence-corrected chi connectivity index (χ4v) is 3.36. The Morgan fingerprint density at radius 2 is 1.87 bits per heavy atom. The monoisotopic (exact) mass is 401 g/mol. The first-order valence-electron chi connectivity index (χ1n) is 9.77. The minimum absolute atomic E-state index is 0.0559. The number of carboxylic acids is 1. The largest absolute Gasteiger partial charge is 0.480 e. The van der Waals surface area contributed by atoms with E-state index in [1.807, 2.05) is 48.5 Å². The van der Waals surface area contributed by atoms with Gasteiger partial charge in [-0.25, -0.2) is 9.97 Å². The normalized spacial score (nSPS) is 12.0. The lowest BCUT2D eigenvalue weighted by molar-refractivity contribution is -0.135. The molecule has 0 aliphatic heterocycles. The molecule has 30 heavy (non-hydrogen) atoms. The van der Waals surface area contributed by atoms with Crippen LogP contribution in [0.1, 0.15) is 24.1 Å². The fraction of sp³-hybridized carbons (Fsp3) is 0.174. The highest BCUT2D eigenvalue weighted by Crippen LogP contribution is 2.29. The highest BCUT2D eigenvalue weighted by Gasteiger charge is 2.12. The van der Waals surface area contributed by atoms with Gasteiger partial charge in [0.15, 0.2) is 0 Å². The summed E-state index contributed by atoms with van der Waals surface area (Å²) in [5, 5.41) is 16.0. The number of carbonyl (C=O) groups is 1. The molecule has 152 valence electrons. The van der Waals surface area contributed by atoms with Crippen LogP contribution in [0.5, 0.6) is 0 Å². The van der Waals surface area contributed by atoms with Gasteiger partial charge >= 0.3 is 5.97 Å². The molecule has 0 aliphatic rings. The van der Waals surface area contributed by atoms with E-state index in [0.717, 1.165) is 33.7 Å². The van der Waals surface area contributed by atoms with Gasteiger partial charge < -0.3 is 20.7 Å². The number of fused-ring (bicyclic) bond motifs is 1. The van der Waals surface area contributed by atoms with E-state index in [1.54, 1.807) is 6.33 Å². The molecular formula is C23H23N5O2. The van der Waals surface area contributed by atoms with E-state index in [-0.39, 0.29) is 12.6 Å². The van der Waals surface area contributed by atoms with Crippen molar-refractivity contribution in [2.24, 2.45) is 0 Å². The molecule has 0 spiro atoms. The molecular weight excluding hydrogens is 378 g/mol. The van der Waals surface area contributed by atoms with Crippen LogP contribution in [0.3, 0.4) is 0 Å². The van der Waals surface area contributed by atoms with Crippen molar-refractivity contribution >= 4 is 22.8 Å². The van der Waals surface area contributed by atoms with Crippen LogP contribution in [0.25, 0.3) is 22.3 Å². The number of anilines is 1. The van der Waals surface area contributed by atoms with Crippen molar-refractivity contribution in [1.82, 2.24) is 20.3 Å². The number of hydrogen-bond donors (Lipinski definition) is 4. The van der Waals surface area contributed by atoms with Crippen molar-refractivity contribution in [3.8, 4) is 11.3 Å². The van der Waals surface area contributed by atoms with Crippen LogP contribution in [0.4, 0.5) is 5.82 Å². The molecule has 7 nitrogen and oxygen atoms in total. The summed E-state index contributed by atoms with van der Waals surface area (Å²) in [5.41, 5.74) is 4.96. The molecule has 0 saturated carbocycles. The minimum atomic E-state index is -0.864. The number of benzene rings is 2. The van der Waals surface area contributed by atoms with Crippen molar-refractivity contribution in [2.75, 3.05) is 11.9 Å². The van der Waals surface area contributed by atoms with Crippen LogP contribution < -0.4 is 10.6 Å². The molecule has 0 bridgehead atoms. The molecule has 4 rings (SSSR count). The first kappa shape index (κ1) is 19.6. The predicted molar refractivity (Wildman–Crippen MR) is 117 cm³/mol. The molecule has 0 amide bonds. The standard InChI is InChI=1S/C23H23N5O2/c1-15(17-5-3-2-4-6-17)27-22-19-11-20(28-23(19)26-14-25-22)18-9-7-16(8-10-18)12-24-13-21(29)30/h2-11,14-15,24H,12-13H2,1H3,(H,29,30)(H2,25,26,27,28). The molecule has 2 aromatic carbocycles. The summed E-state index contributed by atoms with van der Waals surface area (Å²) in [4.78, 5) is 22.8.